The molecule has 0 bridgehead atoms. The highest BCUT2D eigenvalue weighted by Gasteiger charge is 2.20. The second kappa shape index (κ2) is 14.0. The van der Waals surface area contributed by atoms with Crippen molar-refractivity contribution in [1.82, 2.24) is 10.4 Å². The van der Waals surface area contributed by atoms with Gasteiger partial charge in [-0.15, -0.1) is 0 Å². The summed E-state index contributed by atoms with van der Waals surface area (Å²) < 4.78 is 27.4. The van der Waals surface area contributed by atoms with Crippen LogP contribution >= 0.6 is 0 Å². The van der Waals surface area contributed by atoms with E-state index in [1.165, 1.54) is 39.7 Å². The molecule has 0 aliphatic rings. The molecule has 0 saturated heterocycles. The zero-order chi connectivity index (χ0) is 31.8. The highest BCUT2D eigenvalue weighted by molar-refractivity contribution is 6.07. The van der Waals surface area contributed by atoms with Crippen LogP contribution < -0.4 is 29.1 Å². The number of nitrogens with one attached hydrogen (secondary N) is 1. The van der Waals surface area contributed by atoms with E-state index in [4.69, 9.17) is 28.7 Å². The fourth-order valence-electron chi connectivity index (χ4n) is 4.66. The van der Waals surface area contributed by atoms with Gasteiger partial charge in [-0.05, 0) is 55.0 Å². The van der Waals surface area contributed by atoms with Gasteiger partial charge in [-0.1, -0.05) is 48.5 Å². The normalized spacial score (nSPS) is 10.8. The van der Waals surface area contributed by atoms with Gasteiger partial charge in [0, 0.05) is 10.9 Å². The Labute approximate surface area is 260 Å². The number of esters is 1. The van der Waals surface area contributed by atoms with Gasteiger partial charge in [-0.2, -0.15) is 5.10 Å². The molecule has 1 aromatic heterocycles. The van der Waals surface area contributed by atoms with Gasteiger partial charge in [0.25, 0.3) is 5.91 Å². The van der Waals surface area contributed by atoms with E-state index < -0.39 is 5.97 Å². The smallest absolute Gasteiger partial charge is 0.343 e. The van der Waals surface area contributed by atoms with E-state index in [1.54, 1.807) is 24.3 Å². The minimum Gasteiger partial charge on any atom is -0.493 e. The predicted molar refractivity (Wildman–Crippen MR) is 171 cm³/mol. The van der Waals surface area contributed by atoms with Crippen molar-refractivity contribution >= 4 is 29.0 Å². The summed E-state index contributed by atoms with van der Waals surface area (Å²) in [6.45, 7) is 2.14. The first-order valence-corrected chi connectivity index (χ1v) is 14.0. The van der Waals surface area contributed by atoms with Crippen molar-refractivity contribution in [1.29, 1.82) is 0 Å². The second-order valence-electron chi connectivity index (χ2n) is 9.58. The lowest BCUT2D eigenvalue weighted by Gasteiger charge is -2.15. The summed E-state index contributed by atoms with van der Waals surface area (Å²) in [4.78, 5) is 31.1. The summed E-state index contributed by atoms with van der Waals surface area (Å²) in [5, 5.41) is 4.88. The van der Waals surface area contributed by atoms with Gasteiger partial charge in [0.2, 0.25) is 5.75 Å². The van der Waals surface area contributed by atoms with Crippen LogP contribution in [-0.2, 0) is 0 Å². The van der Waals surface area contributed by atoms with Crippen LogP contribution in [0.1, 0.15) is 33.2 Å². The molecule has 0 spiro atoms. The number of para-hydroxylation sites is 1. The molecule has 4 aromatic carbocycles. The van der Waals surface area contributed by atoms with Crippen molar-refractivity contribution in [2.45, 2.75) is 6.92 Å². The van der Waals surface area contributed by atoms with Gasteiger partial charge in [-0.25, -0.2) is 15.2 Å². The predicted octanol–water partition coefficient (Wildman–Crippen LogP) is 6.31. The Bertz CT molecular complexity index is 1850. The summed E-state index contributed by atoms with van der Waals surface area (Å²) in [5.74, 6) is 0.481. The molecule has 1 amide bonds. The van der Waals surface area contributed by atoms with Crippen LogP contribution in [0.25, 0.3) is 22.2 Å². The largest absolute Gasteiger partial charge is 0.493 e. The highest BCUT2D eigenvalue weighted by Crippen LogP contribution is 2.39. The number of rotatable bonds is 11. The summed E-state index contributed by atoms with van der Waals surface area (Å²) in [6, 6.07) is 26.8. The fraction of sp³-hybridized carbons (Fsp3) is 0.143. The van der Waals surface area contributed by atoms with Crippen LogP contribution in [0.15, 0.2) is 96.1 Å². The molecular formula is C35H31N3O7. The van der Waals surface area contributed by atoms with E-state index in [0.717, 1.165) is 5.56 Å². The SMILES string of the molecule is CCOc1cc(/C=N/NC(=O)c2cc(-c3ccccc3)nc3ccccc23)ccc1OC(=O)c1cc(OC)c(OC)c(OC)c1. The molecule has 0 aliphatic heterocycles. The molecule has 1 heterocycles. The highest BCUT2D eigenvalue weighted by atomic mass is 16.6. The summed E-state index contributed by atoms with van der Waals surface area (Å²) >= 11 is 0. The molecule has 5 rings (SSSR count). The molecule has 0 saturated carbocycles. The van der Waals surface area contributed by atoms with Crippen molar-refractivity contribution < 1.29 is 33.3 Å². The first-order chi connectivity index (χ1) is 21.9. The molecular weight excluding hydrogens is 574 g/mol. The van der Waals surface area contributed by atoms with Crippen LogP contribution in [-0.4, -0.2) is 51.0 Å². The standard InChI is InChI=1S/C35H31N3O7/c1-5-44-30-17-22(15-16-29(30)45-35(40)24-18-31(41-2)33(43-4)32(19-24)42-3)21-36-38-34(39)26-20-28(23-11-7-6-8-12-23)37-27-14-10-9-13-25(26)27/h6-21H,5H2,1-4H3,(H,38,39)/b36-21+. The molecule has 0 atom stereocenters. The Balaban J connectivity index is 1.35. The van der Waals surface area contributed by atoms with Crippen LogP contribution in [0.4, 0.5) is 0 Å². The van der Waals surface area contributed by atoms with Crippen molar-refractivity contribution in [3.05, 3.63) is 108 Å². The van der Waals surface area contributed by atoms with Crippen molar-refractivity contribution in [2.24, 2.45) is 5.10 Å². The Kier molecular flexibility index (Phi) is 9.54. The van der Waals surface area contributed by atoms with Gasteiger partial charge in [0.15, 0.2) is 23.0 Å². The lowest BCUT2D eigenvalue weighted by atomic mass is 10.0. The summed E-state index contributed by atoms with van der Waals surface area (Å²) in [7, 11) is 4.40. The minimum absolute atomic E-state index is 0.194. The minimum atomic E-state index is -0.650. The first-order valence-electron chi connectivity index (χ1n) is 14.0. The number of aromatic nitrogens is 1. The number of hydrogen-bond acceptors (Lipinski definition) is 9. The quantitative estimate of drug-likeness (QED) is 0.0806. The molecule has 10 nitrogen and oxygen atoms in total. The number of hydrogen-bond donors (Lipinski definition) is 1. The van der Waals surface area contributed by atoms with Gasteiger partial charge in [0.05, 0.1) is 56.5 Å². The average Bonchev–Trinajstić information content (AvgIpc) is 3.08. The van der Waals surface area contributed by atoms with Gasteiger partial charge < -0.3 is 23.7 Å². The topological polar surface area (TPSA) is 118 Å². The first kappa shape index (κ1) is 30.6. The van der Waals surface area contributed by atoms with E-state index in [9.17, 15) is 9.59 Å². The molecule has 45 heavy (non-hydrogen) atoms. The maximum absolute atomic E-state index is 13.3. The number of carbonyl (C=O) groups excluding carboxylic acids is 2. The number of benzene rings is 4. The third kappa shape index (κ3) is 6.86. The number of amides is 1. The van der Waals surface area contributed by atoms with E-state index in [2.05, 4.69) is 10.5 Å². The molecule has 5 aromatic rings. The number of nitrogens with zero attached hydrogens (tertiary/aromatic N) is 2. The number of hydrazone groups is 1. The van der Waals surface area contributed by atoms with Gasteiger partial charge in [0.1, 0.15) is 0 Å². The molecule has 0 aliphatic carbocycles. The van der Waals surface area contributed by atoms with Crippen molar-refractivity contribution in [3.63, 3.8) is 0 Å². The summed E-state index contributed by atoms with van der Waals surface area (Å²) in [6.07, 6.45) is 1.48. The molecule has 1 N–H and O–H groups in total. The summed E-state index contributed by atoms with van der Waals surface area (Å²) in [5.41, 5.74) is 6.14. The Morgan fingerprint density at radius 1 is 0.800 bits per heavy atom. The molecule has 0 fully saturated rings. The number of pyridine rings is 1. The Morgan fingerprint density at radius 3 is 2.20 bits per heavy atom. The maximum Gasteiger partial charge on any atom is 0.343 e. The number of carbonyl (C=O) groups is 2. The molecule has 10 heteroatoms. The van der Waals surface area contributed by atoms with E-state index >= 15 is 0 Å². The van der Waals surface area contributed by atoms with E-state index in [1.807, 2.05) is 61.5 Å². The van der Waals surface area contributed by atoms with Crippen molar-refractivity contribution in [3.8, 4) is 40.0 Å². The van der Waals surface area contributed by atoms with Gasteiger partial charge >= 0.3 is 5.97 Å². The second-order valence-corrected chi connectivity index (χ2v) is 9.58. The maximum atomic E-state index is 13.3. The zero-order valence-corrected chi connectivity index (χ0v) is 25.2. The van der Waals surface area contributed by atoms with Crippen molar-refractivity contribution in [2.75, 3.05) is 27.9 Å². The fourth-order valence-corrected chi connectivity index (χ4v) is 4.66. The lowest BCUT2D eigenvalue weighted by Crippen LogP contribution is -2.18. The molecule has 0 radical (unpaired) electrons. The Hall–Kier alpha value is -5.90. The molecule has 0 unspecified atom stereocenters. The lowest BCUT2D eigenvalue weighted by molar-refractivity contribution is 0.0727. The van der Waals surface area contributed by atoms with Crippen LogP contribution in [0, 0.1) is 0 Å². The third-order valence-electron chi connectivity index (χ3n) is 6.78. The zero-order valence-electron chi connectivity index (χ0n) is 25.2. The van der Waals surface area contributed by atoms with E-state index in [-0.39, 0.29) is 17.2 Å². The average molecular weight is 606 g/mol. The van der Waals surface area contributed by atoms with E-state index in [0.29, 0.717) is 57.3 Å². The molecule has 228 valence electrons. The monoisotopic (exact) mass is 605 g/mol. The van der Waals surface area contributed by atoms with Crippen LogP contribution in [0.3, 0.4) is 0 Å². The van der Waals surface area contributed by atoms with Crippen LogP contribution in [0.5, 0.6) is 28.7 Å². The number of methoxy groups -OCH3 is 3. The number of fused-ring (bicyclic) bond motifs is 1. The Morgan fingerprint density at radius 2 is 1.51 bits per heavy atom. The van der Waals surface area contributed by atoms with Gasteiger partial charge in [-0.3, -0.25) is 4.79 Å². The number of ether oxygens (including phenoxy) is 5. The van der Waals surface area contributed by atoms with Crippen LogP contribution in [0.2, 0.25) is 0 Å². The third-order valence-corrected chi connectivity index (χ3v) is 6.78.